The fourth-order valence-electron chi connectivity index (χ4n) is 5.77. The second-order valence-corrected chi connectivity index (χ2v) is 15.1. The second kappa shape index (κ2) is 13.5. The van der Waals surface area contributed by atoms with Crippen LogP contribution < -0.4 is 4.74 Å². The lowest BCUT2D eigenvalue weighted by Crippen LogP contribution is -2.09. The van der Waals surface area contributed by atoms with Gasteiger partial charge in [-0.25, -0.2) is 14.8 Å². The lowest BCUT2D eigenvalue weighted by Gasteiger charge is -2.20. The van der Waals surface area contributed by atoms with Gasteiger partial charge in [0.15, 0.2) is 6.61 Å². The number of fused-ring (bicyclic) bond motifs is 8. The molecule has 1 aromatic carbocycles. The molecule has 0 saturated heterocycles. The Hall–Kier alpha value is -4.61. The Morgan fingerprint density at radius 2 is 1.23 bits per heavy atom. The zero-order valence-electron chi connectivity index (χ0n) is 25.4. The van der Waals surface area contributed by atoms with Gasteiger partial charge in [-0.2, -0.15) is 0 Å². The number of ether oxygens (including phenoxy) is 1. The topological polar surface area (TPSA) is 219 Å². The van der Waals surface area contributed by atoms with Gasteiger partial charge in [0.25, 0.3) is 0 Å². The molecule has 0 saturated carbocycles. The Kier molecular flexibility index (Phi) is 9.35. The Labute approximate surface area is 274 Å². The average Bonchev–Trinajstić information content (AvgIpc) is 3.83. The van der Waals surface area contributed by atoms with E-state index in [0.717, 1.165) is 33.2 Å². The van der Waals surface area contributed by atoms with E-state index in [9.17, 15) is 33.5 Å². The Morgan fingerprint density at radius 3 is 1.69 bits per heavy atom. The highest BCUT2D eigenvalue weighted by molar-refractivity contribution is 7.52. The standard InChI is InChI=1S/C33H32N4O9P2/c38-31(39)19-46-26-7-1-20(2-8-26)32-27-9-3-22(34-27)17-24-5-11-29(36-24)33(21(13-15-47(40,41)42)14-16-48(43,44)45)30-12-6-25(37-30)18-23-4-10-28(32)35-23/h1-12,17-18,21,34-35H,13-16,19H2,(H,38,39)(H2,40,41,42)(H2,43,44,45). The quantitative estimate of drug-likeness (QED) is 0.0781. The number of carboxylic acid groups (broad SMARTS) is 1. The molecule has 3 aromatic heterocycles. The van der Waals surface area contributed by atoms with Gasteiger partial charge >= 0.3 is 21.2 Å². The highest BCUT2D eigenvalue weighted by atomic mass is 31.2. The first-order chi connectivity index (χ1) is 22.8. The van der Waals surface area contributed by atoms with Crippen molar-refractivity contribution in [2.75, 3.05) is 18.9 Å². The number of carboxylic acids is 1. The van der Waals surface area contributed by atoms with Gasteiger partial charge in [0.05, 0.1) is 35.1 Å². The van der Waals surface area contributed by atoms with Crippen molar-refractivity contribution >= 4 is 67.5 Å². The van der Waals surface area contributed by atoms with Crippen molar-refractivity contribution in [3.8, 4) is 16.9 Å². The van der Waals surface area contributed by atoms with Crippen LogP contribution in [0.1, 0.15) is 47.1 Å². The van der Waals surface area contributed by atoms with E-state index in [1.165, 1.54) is 0 Å². The number of carbonyl (C=O) groups is 1. The molecule has 6 rings (SSSR count). The SMILES string of the molecule is O=C(O)COc1ccc(-c2c3ccc(cc4nc(c(C(CCP(=O)(O)O)CCP(=O)(O)O)c5nc(cc6ccc2[nH]6)C=C5)C=C4)[nH]3)cc1. The van der Waals surface area contributed by atoms with E-state index in [4.69, 9.17) is 19.8 Å². The van der Waals surface area contributed by atoms with Crippen LogP contribution in [0.3, 0.4) is 0 Å². The normalized spacial score (nSPS) is 12.9. The van der Waals surface area contributed by atoms with Gasteiger partial charge in [-0.15, -0.1) is 0 Å². The molecule has 0 atom stereocenters. The first-order valence-electron chi connectivity index (χ1n) is 14.9. The molecule has 0 spiro atoms. The summed E-state index contributed by atoms with van der Waals surface area (Å²) in [6.07, 6.45) is 6.15. The van der Waals surface area contributed by atoms with Gasteiger partial charge < -0.3 is 39.4 Å². The molecule has 4 aromatic rings. The minimum absolute atomic E-state index is 0.0251. The van der Waals surface area contributed by atoms with Crippen molar-refractivity contribution in [2.45, 2.75) is 18.8 Å². The molecule has 15 heteroatoms. The Balaban J connectivity index is 1.54. The maximum absolute atomic E-state index is 11.9. The number of hydrogen-bond donors (Lipinski definition) is 7. The van der Waals surface area contributed by atoms with Crippen LogP contribution in [0.2, 0.25) is 0 Å². The second-order valence-electron chi connectivity index (χ2n) is 11.5. The van der Waals surface area contributed by atoms with E-state index in [1.54, 1.807) is 36.4 Å². The third-order valence-corrected chi connectivity index (χ3v) is 9.57. The zero-order valence-corrected chi connectivity index (χ0v) is 27.1. The molecular formula is C33H32N4O9P2. The molecule has 48 heavy (non-hydrogen) atoms. The molecule has 8 bridgehead atoms. The Morgan fingerprint density at radius 1 is 0.729 bits per heavy atom. The fourth-order valence-corrected chi connectivity index (χ4v) is 7.06. The predicted octanol–water partition coefficient (Wildman–Crippen LogP) is 6.01. The minimum Gasteiger partial charge on any atom is -0.482 e. The summed E-state index contributed by atoms with van der Waals surface area (Å²) in [5.41, 5.74) is 7.49. The van der Waals surface area contributed by atoms with Gasteiger partial charge in [0, 0.05) is 33.2 Å². The molecule has 0 amide bonds. The molecular weight excluding hydrogens is 658 g/mol. The third kappa shape index (κ3) is 8.26. The maximum atomic E-state index is 11.9. The monoisotopic (exact) mass is 690 g/mol. The molecule has 248 valence electrons. The molecule has 0 radical (unpaired) electrons. The first kappa shape index (κ1) is 33.3. The molecule has 0 unspecified atom stereocenters. The van der Waals surface area contributed by atoms with E-state index < -0.39 is 46.0 Å². The van der Waals surface area contributed by atoms with E-state index >= 15 is 0 Å². The van der Waals surface area contributed by atoms with Crippen LogP contribution in [-0.2, 0) is 13.9 Å². The number of aliphatic carboxylic acids is 1. The Bertz CT molecular complexity index is 2070. The van der Waals surface area contributed by atoms with E-state index in [-0.39, 0.29) is 12.8 Å². The van der Waals surface area contributed by atoms with Gasteiger partial charge in [-0.05, 0) is 97.2 Å². The lowest BCUT2D eigenvalue weighted by atomic mass is 9.91. The summed E-state index contributed by atoms with van der Waals surface area (Å²) in [6.45, 7) is -0.447. The third-order valence-electron chi connectivity index (χ3n) is 7.89. The molecule has 5 heterocycles. The maximum Gasteiger partial charge on any atom is 0.341 e. The van der Waals surface area contributed by atoms with Crippen LogP contribution in [0.25, 0.3) is 57.5 Å². The van der Waals surface area contributed by atoms with Crippen molar-refractivity contribution in [1.29, 1.82) is 0 Å². The number of benzene rings is 1. The number of nitrogens with zero attached hydrogens (tertiary/aromatic N) is 2. The largest absolute Gasteiger partial charge is 0.482 e. The van der Waals surface area contributed by atoms with Crippen molar-refractivity contribution in [1.82, 2.24) is 19.9 Å². The molecule has 2 aliphatic rings. The predicted molar refractivity (Wildman–Crippen MR) is 183 cm³/mol. The van der Waals surface area contributed by atoms with Crippen LogP contribution in [0.4, 0.5) is 0 Å². The summed E-state index contributed by atoms with van der Waals surface area (Å²) in [5, 5.41) is 8.95. The number of rotatable bonds is 11. The first-order valence-corrected chi connectivity index (χ1v) is 18.5. The van der Waals surface area contributed by atoms with Crippen molar-refractivity contribution < 1.29 is 43.3 Å². The van der Waals surface area contributed by atoms with Crippen LogP contribution >= 0.6 is 15.2 Å². The smallest absolute Gasteiger partial charge is 0.341 e. The lowest BCUT2D eigenvalue weighted by molar-refractivity contribution is -0.139. The van der Waals surface area contributed by atoms with Crippen LogP contribution in [0.5, 0.6) is 5.75 Å². The summed E-state index contributed by atoms with van der Waals surface area (Å²) >= 11 is 0. The number of aromatic amines is 2. The minimum atomic E-state index is -4.41. The number of hydrogen-bond acceptors (Lipinski definition) is 6. The average molecular weight is 691 g/mol. The molecule has 7 N–H and O–H groups in total. The number of nitrogens with one attached hydrogen (secondary N) is 2. The molecule has 2 aliphatic heterocycles. The van der Waals surface area contributed by atoms with Crippen LogP contribution in [-0.4, -0.2) is 69.5 Å². The van der Waals surface area contributed by atoms with Crippen molar-refractivity contribution in [3.05, 3.63) is 89.0 Å². The van der Waals surface area contributed by atoms with Crippen LogP contribution in [0, 0.1) is 0 Å². The zero-order chi connectivity index (χ0) is 34.1. The van der Waals surface area contributed by atoms with Crippen molar-refractivity contribution in [3.63, 3.8) is 0 Å². The summed E-state index contributed by atoms with van der Waals surface area (Å²) in [7, 11) is -8.82. The van der Waals surface area contributed by atoms with Gasteiger partial charge in [-0.3, -0.25) is 9.13 Å². The van der Waals surface area contributed by atoms with Crippen LogP contribution in [0.15, 0.2) is 60.7 Å². The van der Waals surface area contributed by atoms with E-state index in [2.05, 4.69) is 9.97 Å². The van der Waals surface area contributed by atoms with E-state index in [1.807, 2.05) is 48.5 Å². The van der Waals surface area contributed by atoms with Gasteiger partial charge in [-0.1, -0.05) is 12.1 Å². The number of H-pyrrole nitrogens is 2. The highest BCUT2D eigenvalue weighted by Crippen LogP contribution is 2.44. The highest BCUT2D eigenvalue weighted by Gasteiger charge is 2.27. The fraction of sp³-hybridized carbons (Fsp3) is 0.182. The summed E-state index contributed by atoms with van der Waals surface area (Å²) in [4.78, 5) is 66.1. The van der Waals surface area contributed by atoms with Crippen molar-refractivity contribution in [2.24, 2.45) is 0 Å². The summed E-state index contributed by atoms with van der Waals surface area (Å²) in [6, 6.07) is 18.5. The van der Waals surface area contributed by atoms with Gasteiger partial charge in [0.2, 0.25) is 0 Å². The summed E-state index contributed by atoms with van der Waals surface area (Å²) < 4.78 is 29.0. The molecule has 0 fully saturated rings. The number of aromatic nitrogens is 4. The van der Waals surface area contributed by atoms with E-state index in [0.29, 0.717) is 34.1 Å². The molecule has 0 aliphatic carbocycles. The summed E-state index contributed by atoms with van der Waals surface area (Å²) in [5.74, 6) is -1.29. The molecule has 13 nitrogen and oxygen atoms in total. The van der Waals surface area contributed by atoms with Gasteiger partial charge in [0.1, 0.15) is 5.75 Å².